The van der Waals surface area contributed by atoms with Gasteiger partial charge in [-0.05, 0) is 48.5 Å². The normalized spacial score (nSPS) is 10.4. The number of benzene rings is 2. The summed E-state index contributed by atoms with van der Waals surface area (Å²) < 4.78 is 6.91. The summed E-state index contributed by atoms with van der Waals surface area (Å²) in [6.45, 7) is 0. The van der Waals surface area contributed by atoms with E-state index in [1.54, 1.807) is 36.4 Å². The number of rotatable bonds is 5. The van der Waals surface area contributed by atoms with Crippen molar-refractivity contribution in [3.63, 3.8) is 0 Å². The molecular formula is C18H14ClN3O4. The third kappa shape index (κ3) is 3.84. The minimum absolute atomic E-state index is 0.149. The maximum Gasteiger partial charge on any atom is 0.335 e. The van der Waals surface area contributed by atoms with Crippen LogP contribution >= 0.6 is 11.6 Å². The molecule has 3 rings (SSSR count). The number of carboxylic acids is 1. The molecule has 2 aromatic carbocycles. The van der Waals surface area contributed by atoms with Gasteiger partial charge in [0.1, 0.15) is 5.75 Å². The molecule has 0 aliphatic carbocycles. The van der Waals surface area contributed by atoms with Crippen molar-refractivity contribution < 1.29 is 14.6 Å². The summed E-state index contributed by atoms with van der Waals surface area (Å²) in [6, 6.07) is 12.7. The van der Waals surface area contributed by atoms with E-state index in [0.717, 1.165) is 0 Å². The molecule has 0 spiro atoms. The lowest BCUT2D eigenvalue weighted by molar-refractivity contribution is 0.0697. The van der Waals surface area contributed by atoms with Gasteiger partial charge >= 0.3 is 5.97 Å². The minimum atomic E-state index is -1.02. The van der Waals surface area contributed by atoms with Crippen molar-refractivity contribution in [1.29, 1.82) is 0 Å². The Morgan fingerprint density at radius 3 is 2.42 bits per heavy atom. The van der Waals surface area contributed by atoms with Gasteiger partial charge < -0.3 is 15.2 Å². The van der Waals surface area contributed by atoms with Crippen molar-refractivity contribution in [3.8, 4) is 11.5 Å². The summed E-state index contributed by atoms with van der Waals surface area (Å²) in [6.07, 6.45) is 1.42. The fraction of sp³-hybridized carbons (Fsp3) is 0.0556. The van der Waals surface area contributed by atoms with Crippen LogP contribution in [0.25, 0.3) is 0 Å². The highest BCUT2D eigenvalue weighted by molar-refractivity contribution is 6.30. The van der Waals surface area contributed by atoms with E-state index in [4.69, 9.17) is 21.4 Å². The lowest BCUT2D eigenvalue weighted by Crippen LogP contribution is -2.22. The second kappa shape index (κ2) is 7.28. The molecule has 1 aromatic heterocycles. The fourth-order valence-electron chi connectivity index (χ4n) is 2.19. The smallest absolute Gasteiger partial charge is 0.335 e. The van der Waals surface area contributed by atoms with Crippen molar-refractivity contribution >= 4 is 28.9 Å². The Bertz CT molecular complexity index is 998. The van der Waals surface area contributed by atoms with Gasteiger partial charge in [0.25, 0.3) is 5.56 Å². The molecule has 0 amide bonds. The SMILES string of the molecule is Cn1ncc(Oc2ccc(Cl)cc2)c(Nc2ccc(C(=O)O)cc2)c1=O. The van der Waals surface area contributed by atoms with Gasteiger partial charge in [0.15, 0.2) is 11.4 Å². The first kappa shape index (κ1) is 17.5. The number of carboxylic acid groups (broad SMARTS) is 1. The van der Waals surface area contributed by atoms with Crippen LogP contribution in [0.3, 0.4) is 0 Å². The zero-order chi connectivity index (χ0) is 18.7. The number of anilines is 2. The molecule has 0 saturated carbocycles. The third-order valence-electron chi connectivity index (χ3n) is 3.55. The second-order valence-electron chi connectivity index (χ2n) is 5.38. The topological polar surface area (TPSA) is 93.4 Å². The van der Waals surface area contributed by atoms with E-state index in [-0.39, 0.29) is 17.0 Å². The van der Waals surface area contributed by atoms with Crippen LogP contribution in [0.15, 0.2) is 59.5 Å². The van der Waals surface area contributed by atoms with Gasteiger partial charge in [-0.1, -0.05) is 11.6 Å². The highest BCUT2D eigenvalue weighted by Gasteiger charge is 2.13. The van der Waals surface area contributed by atoms with E-state index in [9.17, 15) is 9.59 Å². The van der Waals surface area contributed by atoms with Gasteiger partial charge in [0.05, 0.1) is 11.8 Å². The Kier molecular flexibility index (Phi) is 4.90. The first-order chi connectivity index (χ1) is 12.4. The van der Waals surface area contributed by atoms with Crippen LogP contribution in [-0.4, -0.2) is 20.9 Å². The Hall–Kier alpha value is -3.32. The number of carbonyl (C=O) groups is 1. The lowest BCUT2D eigenvalue weighted by atomic mass is 10.2. The number of ether oxygens (including phenoxy) is 1. The molecule has 1 heterocycles. The largest absolute Gasteiger partial charge is 0.478 e. The molecule has 0 aliphatic rings. The predicted octanol–water partition coefficient (Wildman–Crippen LogP) is 3.67. The van der Waals surface area contributed by atoms with Crippen molar-refractivity contribution in [2.24, 2.45) is 7.05 Å². The Morgan fingerprint density at radius 2 is 1.81 bits per heavy atom. The van der Waals surface area contributed by atoms with E-state index in [2.05, 4.69) is 10.4 Å². The summed E-state index contributed by atoms with van der Waals surface area (Å²) in [5, 5.41) is 16.5. The molecule has 3 aromatic rings. The molecule has 0 saturated heterocycles. The van der Waals surface area contributed by atoms with E-state index >= 15 is 0 Å². The van der Waals surface area contributed by atoms with Crippen molar-refractivity contribution in [3.05, 3.63) is 75.7 Å². The molecule has 0 bridgehead atoms. The highest BCUT2D eigenvalue weighted by atomic mass is 35.5. The molecular weight excluding hydrogens is 358 g/mol. The number of aryl methyl sites for hydroxylation is 1. The number of nitrogens with zero attached hydrogens (tertiary/aromatic N) is 2. The van der Waals surface area contributed by atoms with Crippen molar-refractivity contribution in [2.75, 3.05) is 5.32 Å². The number of hydrogen-bond acceptors (Lipinski definition) is 5. The number of hydrogen-bond donors (Lipinski definition) is 2. The molecule has 8 heteroatoms. The first-order valence-corrected chi connectivity index (χ1v) is 7.92. The van der Waals surface area contributed by atoms with Gasteiger partial charge in [-0.25, -0.2) is 9.48 Å². The van der Waals surface area contributed by atoms with Crippen LogP contribution < -0.4 is 15.6 Å². The molecule has 0 fully saturated rings. The molecule has 7 nitrogen and oxygen atoms in total. The zero-order valence-corrected chi connectivity index (χ0v) is 14.4. The molecule has 0 atom stereocenters. The van der Waals surface area contributed by atoms with Crippen LogP contribution in [-0.2, 0) is 7.05 Å². The van der Waals surface area contributed by atoms with Crippen molar-refractivity contribution in [2.45, 2.75) is 0 Å². The Balaban J connectivity index is 1.94. The van der Waals surface area contributed by atoms with Crippen molar-refractivity contribution in [1.82, 2.24) is 9.78 Å². The van der Waals surface area contributed by atoms with Gasteiger partial charge in [-0.2, -0.15) is 5.10 Å². The monoisotopic (exact) mass is 371 g/mol. The maximum atomic E-state index is 12.5. The standard InChI is InChI=1S/C18H14ClN3O4/c1-22-17(23)16(21-13-6-2-11(3-7-13)18(24)25)15(10-20-22)26-14-8-4-12(19)5-9-14/h2-10,21H,1H3,(H,24,25). The van der Waals surface area contributed by atoms with Gasteiger partial charge in [-0.3, -0.25) is 4.79 Å². The summed E-state index contributed by atoms with van der Waals surface area (Å²) in [4.78, 5) is 23.4. The number of nitrogens with one attached hydrogen (secondary N) is 1. The lowest BCUT2D eigenvalue weighted by Gasteiger charge is -2.13. The summed E-state index contributed by atoms with van der Waals surface area (Å²) in [7, 11) is 1.52. The Morgan fingerprint density at radius 1 is 1.15 bits per heavy atom. The molecule has 0 unspecified atom stereocenters. The van der Waals surface area contributed by atoms with E-state index in [1.807, 2.05) is 0 Å². The quantitative estimate of drug-likeness (QED) is 0.710. The van der Waals surface area contributed by atoms with Gasteiger partial charge in [-0.15, -0.1) is 0 Å². The fourth-order valence-corrected chi connectivity index (χ4v) is 2.31. The van der Waals surface area contributed by atoms with E-state index < -0.39 is 11.5 Å². The molecule has 2 N–H and O–H groups in total. The van der Waals surface area contributed by atoms with Gasteiger partial charge in [0.2, 0.25) is 0 Å². The molecule has 132 valence electrons. The van der Waals surface area contributed by atoms with E-state index in [0.29, 0.717) is 16.5 Å². The molecule has 0 radical (unpaired) electrons. The predicted molar refractivity (Wildman–Crippen MR) is 97.7 cm³/mol. The Labute approximate surface area is 153 Å². The second-order valence-corrected chi connectivity index (χ2v) is 5.81. The highest BCUT2D eigenvalue weighted by Crippen LogP contribution is 2.29. The maximum absolute atomic E-state index is 12.5. The van der Waals surface area contributed by atoms with Crippen LogP contribution in [0.2, 0.25) is 5.02 Å². The summed E-state index contributed by atoms with van der Waals surface area (Å²) in [5.74, 6) is -0.297. The number of aromatic carboxylic acids is 1. The van der Waals surface area contributed by atoms with Crippen LogP contribution in [0.1, 0.15) is 10.4 Å². The minimum Gasteiger partial charge on any atom is -0.478 e. The summed E-state index contributed by atoms with van der Waals surface area (Å²) in [5.41, 5.74) is 0.481. The third-order valence-corrected chi connectivity index (χ3v) is 3.80. The number of halogens is 1. The van der Waals surface area contributed by atoms with Crippen LogP contribution in [0.5, 0.6) is 11.5 Å². The van der Waals surface area contributed by atoms with Crippen LogP contribution in [0, 0.1) is 0 Å². The average Bonchev–Trinajstić information content (AvgIpc) is 2.63. The zero-order valence-electron chi connectivity index (χ0n) is 13.6. The average molecular weight is 372 g/mol. The summed E-state index contributed by atoms with van der Waals surface area (Å²) >= 11 is 5.86. The number of aromatic nitrogens is 2. The molecule has 0 aliphatic heterocycles. The van der Waals surface area contributed by atoms with Crippen LogP contribution in [0.4, 0.5) is 11.4 Å². The van der Waals surface area contributed by atoms with E-state index in [1.165, 1.54) is 30.1 Å². The van der Waals surface area contributed by atoms with Gasteiger partial charge in [0, 0.05) is 17.8 Å². The molecule has 26 heavy (non-hydrogen) atoms. The first-order valence-electron chi connectivity index (χ1n) is 7.54.